The second-order valence-electron chi connectivity index (χ2n) is 4.96. The molecule has 0 bridgehead atoms. The monoisotopic (exact) mass is 337 g/mol. The van der Waals surface area contributed by atoms with Crippen LogP contribution < -0.4 is 0 Å². The maximum absolute atomic E-state index is 6.09. The normalized spacial score (nSPS) is 10.7. The molecule has 0 aliphatic heterocycles. The van der Waals surface area contributed by atoms with E-state index in [-0.39, 0.29) is 0 Å². The lowest BCUT2D eigenvalue weighted by Gasteiger charge is -1.99. The molecule has 0 heterocycles. The van der Waals surface area contributed by atoms with Gasteiger partial charge in [0.05, 0.1) is 5.02 Å². The molecule has 3 aromatic rings. The first kappa shape index (κ1) is 15.6. The molecule has 0 atom stereocenters. The van der Waals surface area contributed by atoms with Crippen LogP contribution in [0.15, 0.2) is 65.7 Å². The predicted octanol–water partition coefficient (Wildman–Crippen LogP) is 5.62. The smallest absolute Gasteiger partial charge is 0.100 e. The Morgan fingerprint density at radius 1 is 0.957 bits per heavy atom. The largest absolute Gasteiger partial charge is 0.280 e. The summed E-state index contributed by atoms with van der Waals surface area (Å²) in [5, 5.41) is 3.55. The minimum atomic E-state index is 0.419. The van der Waals surface area contributed by atoms with Crippen molar-refractivity contribution < 1.29 is 0 Å². The Morgan fingerprint density at radius 3 is 2.65 bits per heavy atom. The Hall–Kier alpha value is -2.27. The third kappa shape index (κ3) is 3.93. The zero-order valence-electron chi connectivity index (χ0n) is 12.3. The van der Waals surface area contributed by atoms with Crippen molar-refractivity contribution in [2.45, 2.75) is 0 Å². The SMILES string of the molecule is Clc1ccc(C=NCC#Cc2cccc3ccccc23)c(Cl)c1. The molecule has 0 spiro atoms. The number of fused-ring (bicyclic) bond motifs is 1. The molecule has 0 saturated heterocycles. The second kappa shape index (κ2) is 7.33. The van der Waals surface area contributed by atoms with E-state index in [1.165, 1.54) is 5.39 Å². The molecule has 23 heavy (non-hydrogen) atoms. The van der Waals surface area contributed by atoms with Gasteiger partial charge in [0.1, 0.15) is 6.54 Å². The Balaban J connectivity index is 1.74. The average Bonchev–Trinajstić information content (AvgIpc) is 2.56. The second-order valence-corrected chi connectivity index (χ2v) is 5.81. The van der Waals surface area contributed by atoms with Gasteiger partial charge in [0.2, 0.25) is 0 Å². The minimum absolute atomic E-state index is 0.419. The quantitative estimate of drug-likeness (QED) is 0.425. The minimum Gasteiger partial charge on any atom is -0.280 e. The molecule has 112 valence electrons. The van der Waals surface area contributed by atoms with Crippen molar-refractivity contribution in [3.05, 3.63) is 81.8 Å². The van der Waals surface area contributed by atoms with Crippen LogP contribution in [0.1, 0.15) is 11.1 Å². The first-order valence-corrected chi connectivity index (χ1v) is 7.91. The summed E-state index contributed by atoms with van der Waals surface area (Å²) in [4.78, 5) is 4.30. The fourth-order valence-electron chi connectivity index (χ4n) is 2.27. The van der Waals surface area contributed by atoms with Crippen LogP contribution in [0, 0.1) is 11.8 Å². The molecule has 3 rings (SSSR count). The standard InChI is InChI=1S/C20H13Cl2N/c21-18-11-10-17(20(22)13-18)14-23-12-4-8-16-7-3-6-15-5-1-2-9-19(15)16/h1-3,5-7,9-11,13-14H,12H2. The number of hydrogen-bond donors (Lipinski definition) is 0. The van der Waals surface area contributed by atoms with Gasteiger partial charge in [-0.15, -0.1) is 0 Å². The van der Waals surface area contributed by atoms with E-state index in [0.29, 0.717) is 16.6 Å². The number of halogens is 2. The van der Waals surface area contributed by atoms with E-state index in [2.05, 4.69) is 35.0 Å². The van der Waals surface area contributed by atoms with Gasteiger partial charge >= 0.3 is 0 Å². The third-order valence-corrected chi connectivity index (χ3v) is 3.94. The van der Waals surface area contributed by atoms with Crippen LogP contribution in [0.2, 0.25) is 10.0 Å². The van der Waals surface area contributed by atoms with Gasteiger partial charge in [-0.3, -0.25) is 4.99 Å². The summed E-state index contributed by atoms with van der Waals surface area (Å²) in [5.74, 6) is 6.26. The van der Waals surface area contributed by atoms with Gasteiger partial charge in [-0.05, 0) is 29.0 Å². The molecule has 0 fully saturated rings. The van der Waals surface area contributed by atoms with Crippen LogP contribution in [0.4, 0.5) is 0 Å². The summed E-state index contributed by atoms with van der Waals surface area (Å²) in [6.07, 6.45) is 1.72. The maximum atomic E-state index is 6.09. The maximum Gasteiger partial charge on any atom is 0.100 e. The third-order valence-electron chi connectivity index (χ3n) is 3.38. The first-order valence-electron chi connectivity index (χ1n) is 7.15. The number of benzene rings is 3. The van der Waals surface area contributed by atoms with Crippen molar-refractivity contribution in [1.82, 2.24) is 0 Å². The molecule has 0 unspecified atom stereocenters. The van der Waals surface area contributed by atoms with Gasteiger partial charge in [0.25, 0.3) is 0 Å². The van der Waals surface area contributed by atoms with Crippen LogP contribution in [0.3, 0.4) is 0 Å². The highest BCUT2D eigenvalue weighted by Crippen LogP contribution is 2.19. The lowest BCUT2D eigenvalue weighted by atomic mass is 10.1. The summed E-state index contributed by atoms with van der Waals surface area (Å²) in [7, 11) is 0. The molecule has 1 nitrogen and oxygen atoms in total. The van der Waals surface area contributed by atoms with E-state index in [1.54, 1.807) is 18.3 Å². The molecule has 0 saturated carbocycles. The molecule has 3 aromatic carbocycles. The first-order chi connectivity index (χ1) is 11.2. The van der Waals surface area contributed by atoms with Crippen molar-refractivity contribution in [3.63, 3.8) is 0 Å². The van der Waals surface area contributed by atoms with Gasteiger partial charge in [-0.25, -0.2) is 0 Å². The Labute approximate surface area is 145 Å². The van der Waals surface area contributed by atoms with E-state index < -0.39 is 0 Å². The van der Waals surface area contributed by atoms with Crippen molar-refractivity contribution in [2.75, 3.05) is 6.54 Å². The van der Waals surface area contributed by atoms with Gasteiger partial charge in [0, 0.05) is 22.4 Å². The zero-order valence-corrected chi connectivity index (χ0v) is 13.8. The fourth-order valence-corrected chi connectivity index (χ4v) is 2.72. The Bertz CT molecular complexity index is 928. The molecule has 0 aliphatic rings. The van der Waals surface area contributed by atoms with E-state index in [0.717, 1.165) is 16.5 Å². The lowest BCUT2D eigenvalue weighted by molar-refractivity contribution is 1.30. The molecule has 0 aromatic heterocycles. The summed E-state index contributed by atoms with van der Waals surface area (Å²) in [6, 6.07) is 19.7. The van der Waals surface area contributed by atoms with Crippen LogP contribution in [0.25, 0.3) is 10.8 Å². The molecule has 0 aliphatic carbocycles. The van der Waals surface area contributed by atoms with Gasteiger partial charge in [-0.1, -0.05) is 77.5 Å². The van der Waals surface area contributed by atoms with Crippen LogP contribution >= 0.6 is 23.2 Å². The Morgan fingerprint density at radius 2 is 1.78 bits per heavy atom. The molecule has 3 heteroatoms. The summed E-state index contributed by atoms with van der Waals surface area (Å²) >= 11 is 12.0. The highest BCUT2D eigenvalue weighted by Gasteiger charge is 1.97. The van der Waals surface area contributed by atoms with E-state index >= 15 is 0 Å². The van der Waals surface area contributed by atoms with Gasteiger partial charge in [-0.2, -0.15) is 0 Å². The van der Waals surface area contributed by atoms with Crippen molar-refractivity contribution in [3.8, 4) is 11.8 Å². The molecule has 0 amide bonds. The lowest BCUT2D eigenvalue weighted by Crippen LogP contribution is -1.85. The topological polar surface area (TPSA) is 12.4 Å². The number of hydrogen-bond acceptors (Lipinski definition) is 1. The average molecular weight is 338 g/mol. The molecular formula is C20H13Cl2N. The van der Waals surface area contributed by atoms with E-state index in [4.69, 9.17) is 23.2 Å². The molecular weight excluding hydrogens is 325 g/mol. The number of nitrogens with zero attached hydrogens (tertiary/aromatic N) is 1. The van der Waals surface area contributed by atoms with Crippen molar-refractivity contribution in [2.24, 2.45) is 4.99 Å². The van der Waals surface area contributed by atoms with Crippen LogP contribution in [0.5, 0.6) is 0 Å². The number of rotatable bonds is 2. The fraction of sp³-hybridized carbons (Fsp3) is 0.0500. The summed E-state index contributed by atoms with van der Waals surface area (Å²) in [6.45, 7) is 0.419. The van der Waals surface area contributed by atoms with Gasteiger partial charge < -0.3 is 0 Å². The Kier molecular flexibility index (Phi) is 4.98. The molecule has 0 N–H and O–H groups in total. The highest BCUT2D eigenvalue weighted by molar-refractivity contribution is 6.36. The van der Waals surface area contributed by atoms with Crippen molar-refractivity contribution >= 4 is 40.2 Å². The van der Waals surface area contributed by atoms with Crippen molar-refractivity contribution in [1.29, 1.82) is 0 Å². The predicted molar refractivity (Wildman–Crippen MR) is 99.7 cm³/mol. The number of aliphatic imine (C=N–C) groups is 1. The summed E-state index contributed by atoms with van der Waals surface area (Å²) < 4.78 is 0. The van der Waals surface area contributed by atoms with Crippen LogP contribution in [-0.2, 0) is 0 Å². The van der Waals surface area contributed by atoms with E-state index in [9.17, 15) is 0 Å². The highest BCUT2D eigenvalue weighted by atomic mass is 35.5. The summed E-state index contributed by atoms with van der Waals surface area (Å²) in [5.41, 5.74) is 1.85. The van der Waals surface area contributed by atoms with E-state index in [1.807, 2.05) is 30.3 Å². The zero-order chi connectivity index (χ0) is 16.1. The van der Waals surface area contributed by atoms with Crippen LogP contribution in [-0.4, -0.2) is 12.8 Å². The van der Waals surface area contributed by atoms with Gasteiger partial charge in [0.15, 0.2) is 0 Å². The molecule has 0 radical (unpaired) electrons.